The molecule has 2 aromatic heterocycles. The van der Waals surface area contributed by atoms with Crippen LogP contribution in [0.5, 0.6) is 0 Å². The summed E-state index contributed by atoms with van der Waals surface area (Å²) < 4.78 is 1.61. The number of amides is 1. The van der Waals surface area contributed by atoms with Crippen LogP contribution in [-0.4, -0.2) is 25.7 Å². The zero-order valence-electron chi connectivity index (χ0n) is 18.1. The number of aryl methyl sites for hydroxylation is 1. The molecule has 2 heterocycles. The quantitative estimate of drug-likeness (QED) is 0.475. The van der Waals surface area contributed by atoms with Crippen LogP contribution in [0.2, 0.25) is 0 Å². The molecule has 0 spiro atoms. The molecule has 32 heavy (non-hydrogen) atoms. The Hall–Kier alpha value is -4.31. The molecule has 0 aliphatic carbocycles. The van der Waals surface area contributed by atoms with Gasteiger partial charge in [-0.15, -0.1) is 10.1 Å². The van der Waals surface area contributed by atoms with Crippen LogP contribution >= 0.6 is 0 Å². The summed E-state index contributed by atoms with van der Waals surface area (Å²) in [4.78, 5) is 22.9. The maximum atomic E-state index is 11.4. The number of hydrogen-bond acceptors (Lipinski definition) is 4. The summed E-state index contributed by atoms with van der Waals surface area (Å²) in [7, 11) is 0. The molecule has 2 N–H and O–H groups in total. The summed E-state index contributed by atoms with van der Waals surface area (Å²) in [6.07, 6.45) is 1.72. The fraction of sp³-hybridized carbons (Fsp3) is 0.160. The predicted molar refractivity (Wildman–Crippen MR) is 123 cm³/mol. The van der Waals surface area contributed by atoms with Crippen LogP contribution in [0.25, 0.3) is 21.7 Å². The maximum Gasteiger partial charge on any atom is 0.288 e. The van der Waals surface area contributed by atoms with Crippen LogP contribution in [0.3, 0.4) is 0 Å². The van der Waals surface area contributed by atoms with Crippen LogP contribution in [0.15, 0.2) is 66.9 Å². The number of nitrogens with two attached hydrogens (primary N) is 1. The van der Waals surface area contributed by atoms with Gasteiger partial charge in [0, 0.05) is 11.0 Å². The first-order valence-electron chi connectivity index (χ1n) is 10.1. The molecule has 2 aromatic carbocycles. The molecule has 0 saturated heterocycles. The minimum Gasteiger partial charge on any atom is -0.363 e. The van der Waals surface area contributed by atoms with Gasteiger partial charge >= 0.3 is 0 Å². The van der Waals surface area contributed by atoms with Gasteiger partial charge in [-0.05, 0) is 41.8 Å². The third-order valence-electron chi connectivity index (χ3n) is 5.63. The summed E-state index contributed by atoms with van der Waals surface area (Å²) in [5.74, 6) is 0.347. The van der Waals surface area contributed by atoms with E-state index >= 15 is 0 Å². The second-order valence-corrected chi connectivity index (χ2v) is 8.02. The third kappa shape index (κ3) is 3.86. The second kappa shape index (κ2) is 8.08. The van der Waals surface area contributed by atoms with Gasteiger partial charge in [0.15, 0.2) is 0 Å². The lowest BCUT2D eigenvalue weighted by Crippen LogP contribution is -2.19. The summed E-state index contributed by atoms with van der Waals surface area (Å²) in [6.45, 7) is 13.2. The fourth-order valence-electron chi connectivity index (χ4n) is 3.63. The number of carbonyl (C=O) groups is 1. The van der Waals surface area contributed by atoms with Gasteiger partial charge in [-0.2, -0.15) is 0 Å². The highest BCUT2D eigenvalue weighted by Gasteiger charge is 2.23. The number of nitrogens with zero attached hydrogens (tertiary/aromatic N) is 5. The minimum atomic E-state index is -0.647. The van der Waals surface area contributed by atoms with Crippen molar-refractivity contribution in [3.63, 3.8) is 0 Å². The van der Waals surface area contributed by atoms with E-state index in [1.807, 2.05) is 18.2 Å². The number of hydrogen-bond donors (Lipinski definition) is 1. The Kier molecular flexibility index (Phi) is 5.29. The van der Waals surface area contributed by atoms with Crippen molar-refractivity contribution in [2.24, 2.45) is 5.73 Å². The van der Waals surface area contributed by atoms with Gasteiger partial charge in [0.1, 0.15) is 12.0 Å². The Bertz CT molecular complexity index is 1310. The van der Waals surface area contributed by atoms with E-state index in [-0.39, 0.29) is 11.2 Å². The molecule has 1 amide bonds. The lowest BCUT2D eigenvalue weighted by atomic mass is 9.78. The SMILES string of the molecule is [C-]#[N+]c1ccc(-c2ccc(C(C)(C)c3ccc(-n4nc(C(N)=O)nc4C)cc3)cc2)cn1. The van der Waals surface area contributed by atoms with Crippen molar-refractivity contribution in [1.82, 2.24) is 19.7 Å². The largest absolute Gasteiger partial charge is 0.363 e. The molecular weight excluding hydrogens is 400 g/mol. The van der Waals surface area contributed by atoms with Crippen LogP contribution in [0.4, 0.5) is 5.82 Å². The van der Waals surface area contributed by atoms with E-state index in [9.17, 15) is 4.79 Å². The highest BCUT2D eigenvalue weighted by atomic mass is 16.1. The van der Waals surface area contributed by atoms with Gasteiger partial charge in [-0.1, -0.05) is 62.9 Å². The lowest BCUT2D eigenvalue weighted by molar-refractivity contribution is 0.0990. The third-order valence-corrected chi connectivity index (χ3v) is 5.63. The van der Waals surface area contributed by atoms with Gasteiger partial charge in [0.05, 0.1) is 5.69 Å². The topological polar surface area (TPSA) is 91.1 Å². The Morgan fingerprint density at radius 3 is 2.06 bits per heavy atom. The molecule has 7 nitrogen and oxygen atoms in total. The van der Waals surface area contributed by atoms with Crippen LogP contribution in [0, 0.1) is 13.5 Å². The standard InChI is InChI=1S/C25H22N6O/c1-16-29-24(23(26)32)30-31(16)21-12-10-20(11-13-21)25(2,3)19-8-5-17(6-9-19)18-7-14-22(27-4)28-15-18/h5-15H,1-3H3,(H2,26,32). The van der Waals surface area contributed by atoms with Crippen molar-refractivity contribution in [3.05, 3.63) is 101 Å². The van der Waals surface area contributed by atoms with Crippen molar-refractivity contribution in [3.8, 4) is 16.8 Å². The number of carbonyl (C=O) groups excluding carboxylic acids is 1. The predicted octanol–water partition coefficient (Wildman–Crippen LogP) is 4.61. The van der Waals surface area contributed by atoms with Gasteiger partial charge in [-0.25, -0.2) is 9.67 Å². The normalized spacial score (nSPS) is 11.2. The average Bonchev–Trinajstić information content (AvgIpc) is 3.21. The van der Waals surface area contributed by atoms with E-state index in [4.69, 9.17) is 12.3 Å². The van der Waals surface area contributed by atoms with Crippen LogP contribution in [0.1, 0.15) is 41.4 Å². The Labute approximate surface area is 186 Å². The number of benzene rings is 2. The fourth-order valence-corrected chi connectivity index (χ4v) is 3.63. The number of pyridine rings is 1. The van der Waals surface area contributed by atoms with Crippen molar-refractivity contribution < 1.29 is 4.79 Å². The molecule has 7 heteroatoms. The zero-order chi connectivity index (χ0) is 22.9. The van der Waals surface area contributed by atoms with E-state index in [0.717, 1.165) is 22.4 Å². The molecule has 0 saturated carbocycles. The van der Waals surface area contributed by atoms with E-state index < -0.39 is 5.91 Å². The molecule has 0 fully saturated rings. The highest BCUT2D eigenvalue weighted by molar-refractivity contribution is 5.88. The first kappa shape index (κ1) is 20.9. The number of aromatic nitrogens is 4. The highest BCUT2D eigenvalue weighted by Crippen LogP contribution is 2.33. The Morgan fingerprint density at radius 1 is 0.969 bits per heavy atom. The first-order valence-corrected chi connectivity index (χ1v) is 10.1. The van der Waals surface area contributed by atoms with E-state index in [1.54, 1.807) is 23.9 Å². The van der Waals surface area contributed by atoms with Crippen molar-refractivity contribution in [1.29, 1.82) is 0 Å². The molecule has 4 rings (SSSR count). The van der Waals surface area contributed by atoms with Crippen LogP contribution in [-0.2, 0) is 5.41 Å². The monoisotopic (exact) mass is 422 g/mol. The minimum absolute atomic E-state index is 0.00549. The second-order valence-electron chi connectivity index (χ2n) is 8.02. The molecule has 0 radical (unpaired) electrons. The molecule has 0 unspecified atom stereocenters. The van der Waals surface area contributed by atoms with E-state index in [2.05, 4.69) is 70.2 Å². The van der Waals surface area contributed by atoms with Gasteiger partial charge in [0.25, 0.3) is 11.7 Å². The van der Waals surface area contributed by atoms with Crippen molar-refractivity contribution >= 4 is 11.7 Å². The molecule has 4 aromatic rings. The zero-order valence-corrected chi connectivity index (χ0v) is 18.1. The van der Waals surface area contributed by atoms with Gasteiger partial charge < -0.3 is 10.6 Å². The maximum absolute atomic E-state index is 11.4. The smallest absolute Gasteiger partial charge is 0.288 e. The van der Waals surface area contributed by atoms with E-state index in [0.29, 0.717) is 11.6 Å². The molecular formula is C25H22N6O. The Morgan fingerprint density at radius 2 is 1.56 bits per heavy atom. The molecule has 0 aliphatic heterocycles. The van der Waals surface area contributed by atoms with Crippen LogP contribution < -0.4 is 5.73 Å². The summed E-state index contributed by atoms with van der Waals surface area (Å²) in [6, 6.07) is 20.1. The molecule has 0 bridgehead atoms. The summed E-state index contributed by atoms with van der Waals surface area (Å²) >= 11 is 0. The molecule has 0 aliphatic rings. The van der Waals surface area contributed by atoms with Crippen molar-refractivity contribution in [2.75, 3.05) is 0 Å². The lowest BCUT2D eigenvalue weighted by Gasteiger charge is -2.26. The Balaban J connectivity index is 1.59. The number of primary amides is 1. The first-order chi connectivity index (χ1) is 15.3. The summed E-state index contributed by atoms with van der Waals surface area (Å²) in [5.41, 5.74) is 10.2. The van der Waals surface area contributed by atoms with E-state index in [1.165, 1.54) is 5.56 Å². The molecule has 0 atom stereocenters. The van der Waals surface area contributed by atoms with Crippen molar-refractivity contribution in [2.45, 2.75) is 26.2 Å². The average molecular weight is 422 g/mol. The van der Waals surface area contributed by atoms with Gasteiger partial charge in [0.2, 0.25) is 5.82 Å². The summed E-state index contributed by atoms with van der Waals surface area (Å²) in [5, 5.41) is 4.19. The van der Waals surface area contributed by atoms with Gasteiger partial charge in [-0.3, -0.25) is 4.79 Å². The number of rotatable bonds is 5. The molecule has 158 valence electrons.